The van der Waals surface area contributed by atoms with E-state index >= 15 is 0 Å². The Kier molecular flexibility index (Phi) is 6.00. The minimum atomic E-state index is -3.35. The molecule has 2 aromatic rings. The SMILES string of the molecule is CS(=O)(=O)c1ccc(/C(=C(/CCO)C(=O)O)c2ccc(Cl)cc2)cc1. The molecule has 25 heavy (non-hydrogen) atoms. The number of aliphatic hydroxyl groups excluding tert-OH is 1. The standard InChI is InChI=1S/C18H17ClO5S/c1-25(23,24)15-8-4-13(5-9-15)17(16(10-11-20)18(21)22)12-2-6-14(19)7-3-12/h2-9,20H,10-11H2,1H3,(H,21,22)/b17-16-. The van der Waals surface area contributed by atoms with Crippen molar-refractivity contribution in [1.82, 2.24) is 0 Å². The minimum absolute atomic E-state index is 0.0388. The lowest BCUT2D eigenvalue weighted by molar-refractivity contribution is -0.132. The number of carboxylic acid groups (broad SMARTS) is 1. The van der Waals surface area contributed by atoms with Crippen molar-refractivity contribution in [2.24, 2.45) is 0 Å². The fourth-order valence-corrected chi connectivity index (χ4v) is 3.21. The quantitative estimate of drug-likeness (QED) is 0.751. The van der Waals surface area contributed by atoms with Crippen LogP contribution in [0.3, 0.4) is 0 Å². The highest BCUT2D eigenvalue weighted by molar-refractivity contribution is 7.90. The molecule has 2 N–H and O–H groups in total. The lowest BCUT2D eigenvalue weighted by Crippen LogP contribution is -2.08. The summed E-state index contributed by atoms with van der Waals surface area (Å²) >= 11 is 5.90. The third kappa shape index (κ3) is 4.69. The van der Waals surface area contributed by atoms with Crippen LogP contribution in [0.15, 0.2) is 59.0 Å². The smallest absolute Gasteiger partial charge is 0.332 e. The Bertz CT molecular complexity index is 897. The van der Waals surface area contributed by atoms with Crippen LogP contribution in [0.4, 0.5) is 0 Å². The summed E-state index contributed by atoms with van der Waals surface area (Å²) in [5, 5.41) is 19.3. The summed E-state index contributed by atoms with van der Waals surface area (Å²) in [6, 6.07) is 12.6. The Labute approximate surface area is 151 Å². The molecule has 0 saturated carbocycles. The van der Waals surface area contributed by atoms with Gasteiger partial charge in [0.2, 0.25) is 0 Å². The van der Waals surface area contributed by atoms with Crippen molar-refractivity contribution < 1.29 is 23.4 Å². The van der Waals surface area contributed by atoms with Crippen LogP contribution < -0.4 is 0 Å². The number of carbonyl (C=O) groups is 1. The highest BCUT2D eigenvalue weighted by atomic mass is 35.5. The summed E-state index contributed by atoms with van der Waals surface area (Å²) < 4.78 is 23.2. The molecule has 5 nitrogen and oxygen atoms in total. The third-order valence-electron chi connectivity index (χ3n) is 3.63. The van der Waals surface area contributed by atoms with Crippen molar-refractivity contribution in [2.45, 2.75) is 11.3 Å². The molecular weight excluding hydrogens is 364 g/mol. The molecule has 0 fully saturated rings. The van der Waals surface area contributed by atoms with E-state index in [2.05, 4.69) is 0 Å². The summed E-state index contributed by atoms with van der Waals surface area (Å²) in [5.74, 6) is -1.15. The topological polar surface area (TPSA) is 91.7 Å². The summed E-state index contributed by atoms with van der Waals surface area (Å²) in [5.41, 5.74) is 1.61. The van der Waals surface area contributed by atoms with E-state index in [1.54, 1.807) is 36.4 Å². The molecule has 0 heterocycles. The first kappa shape index (κ1) is 19.2. The summed E-state index contributed by atoms with van der Waals surface area (Å²) in [4.78, 5) is 11.8. The maximum absolute atomic E-state index is 11.7. The average molecular weight is 381 g/mol. The zero-order chi connectivity index (χ0) is 18.6. The second kappa shape index (κ2) is 7.82. The van der Waals surface area contributed by atoms with Crippen molar-refractivity contribution in [2.75, 3.05) is 12.9 Å². The lowest BCUT2D eigenvalue weighted by Gasteiger charge is -2.14. The Hall–Kier alpha value is -2.15. The monoisotopic (exact) mass is 380 g/mol. The molecule has 0 aliphatic rings. The number of halogens is 1. The first-order chi connectivity index (χ1) is 11.7. The molecule has 0 spiro atoms. The van der Waals surface area contributed by atoms with E-state index in [1.807, 2.05) is 0 Å². The van der Waals surface area contributed by atoms with E-state index in [0.717, 1.165) is 6.26 Å². The van der Waals surface area contributed by atoms with Crippen LogP contribution in [-0.4, -0.2) is 37.5 Å². The van der Waals surface area contributed by atoms with Gasteiger partial charge in [0.1, 0.15) is 0 Å². The number of benzene rings is 2. The van der Waals surface area contributed by atoms with E-state index in [0.29, 0.717) is 21.7 Å². The van der Waals surface area contributed by atoms with Crippen LogP contribution in [0, 0.1) is 0 Å². The van der Waals surface area contributed by atoms with Crippen LogP contribution >= 0.6 is 11.6 Å². The van der Waals surface area contributed by atoms with Crippen molar-refractivity contribution >= 4 is 33.0 Å². The molecule has 2 aromatic carbocycles. The Morgan fingerprint density at radius 1 is 1.00 bits per heavy atom. The van der Waals surface area contributed by atoms with Crippen LogP contribution in [0.1, 0.15) is 17.5 Å². The fourth-order valence-electron chi connectivity index (χ4n) is 2.45. The van der Waals surface area contributed by atoms with Gasteiger partial charge in [0.15, 0.2) is 9.84 Å². The van der Waals surface area contributed by atoms with E-state index in [9.17, 15) is 23.4 Å². The van der Waals surface area contributed by atoms with Crippen LogP contribution in [0.5, 0.6) is 0 Å². The zero-order valence-corrected chi connectivity index (χ0v) is 15.0. The molecule has 0 saturated heterocycles. The molecule has 0 atom stereocenters. The number of hydrogen-bond acceptors (Lipinski definition) is 4. The highest BCUT2D eigenvalue weighted by Crippen LogP contribution is 2.30. The average Bonchev–Trinajstić information content (AvgIpc) is 2.55. The Balaban J connectivity index is 2.68. The maximum Gasteiger partial charge on any atom is 0.332 e. The molecule has 0 aromatic heterocycles. The molecule has 2 rings (SSSR count). The summed E-state index contributed by atoms with van der Waals surface area (Å²) in [6.07, 6.45) is 1.06. The van der Waals surface area contributed by atoms with Gasteiger partial charge in [-0.05, 0) is 41.0 Å². The maximum atomic E-state index is 11.7. The molecule has 7 heteroatoms. The predicted molar refractivity (Wildman–Crippen MR) is 96.4 cm³/mol. The highest BCUT2D eigenvalue weighted by Gasteiger charge is 2.18. The van der Waals surface area contributed by atoms with Gasteiger partial charge in [0.05, 0.1) is 4.90 Å². The molecule has 0 radical (unpaired) electrons. The minimum Gasteiger partial charge on any atom is -0.478 e. The fraction of sp³-hybridized carbons (Fsp3) is 0.167. The molecule has 132 valence electrons. The van der Waals surface area contributed by atoms with Crippen LogP contribution in [0.25, 0.3) is 5.57 Å². The molecule has 0 aliphatic carbocycles. The van der Waals surface area contributed by atoms with Gasteiger partial charge in [0, 0.05) is 29.9 Å². The van der Waals surface area contributed by atoms with Gasteiger partial charge >= 0.3 is 5.97 Å². The Morgan fingerprint density at radius 2 is 1.48 bits per heavy atom. The summed E-state index contributed by atoms with van der Waals surface area (Å²) in [7, 11) is -3.35. The van der Waals surface area contributed by atoms with Crippen molar-refractivity contribution in [3.05, 3.63) is 70.3 Å². The van der Waals surface area contributed by atoms with E-state index in [1.165, 1.54) is 12.1 Å². The van der Waals surface area contributed by atoms with Gasteiger partial charge in [-0.15, -0.1) is 0 Å². The molecular formula is C18H17ClO5S. The number of rotatable bonds is 6. The van der Waals surface area contributed by atoms with Crippen molar-refractivity contribution in [1.29, 1.82) is 0 Å². The summed E-state index contributed by atoms with van der Waals surface area (Å²) in [6.45, 7) is -0.319. The van der Waals surface area contributed by atoms with E-state index in [-0.39, 0.29) is 23.5 Å². The molecule has 0 aliphatic heterocycles. The van der Waals surface area contributed by atoms with Gasteiger partial charge in [-0.3, -0.25) is 0 Å². The van der Waals surface area contributed by atoms with Gasteiger partial charge in [-0.25, -0.2) is 13.2 Å². The number of hydrogen-bond donors (Lipinski definition) is 2. The lowest BCUT2D eigenvalue weighted by atomic mass is 9.91. The van der Waals surface area contributed by atoms with Gasteiger partial charge in [-0.2, -0.15) is 0 Å². The predicted octanol–water partition coefficient (Wildman–Crippen LogP) is 3.01. The molecule has 0 amide bonds. The van der Waals surface area contributed by atoms with Crippen molar-refractivity contribution in [3.8, 4) is 0 Å². The molecule has 0 bridgehead atoms. The van der Waals surface area contributed by atoms with E-state index < -0.39 is 15.8 Å². The van der Waals surface area contributed by atoms with Crippen LogP contribution in [0.2, 0.25) is 5.02 Å². The van der Waals surface area contributed by atoms with Crippen molar-refractivity contribution in [3.63, 3.8) is 0 Å². The second-order valence-electron chi connectivity index (χ2n) is 5.44. The number of sulfone groups is 1. The number of aliphatic hydroxyl groups is 1. The first-order valence-electron chi connectivity index (χ1n) is 7.37. The normalized spacial score (nSPS) is 12.6. The van der Waals surface area contributed by atoms with Gasteiger partial charge in [-0.1, -0.05) is 35.9 Å². The largest absolute Gasteiger partial charge is 0.478 e. The first-order valence-corrected chi connectivity index (χ1v) is 9.64. The Morgan fingerprint density at radius 3 is 1.88 bits per heavy atom. The zero-order valence-electron chi connectivity index (χ0n) is 13.4. The van der Waals surface area contributed by atoms with Gasteiger partial charge < -0.3 is 10.2 Å². The van der Waals surface area contributed by atoms with Crippen LogP contribution in [-0.2, 0) is 14.6 Å². The van der Waals surface area contributed by atoms with E-state index in [4.69, 9.17) is 11.6 Å². The second-order valence-corrected chi connectivity index (χ2v) is 7.89. The number of carboxylic acids is 1. The number of aliphatic carboxylic acids is 1. The van der Waals surface area contributed by atoms with Gasteiger partial charge in [0.25, 0.3) is 0 Å². The molecule has 0 unspecified atom stereocenters. The third-order valence-corrected chi connectivity index (χ3v) is 5.01.